The molecule has 1 rings (SSSR count). The van der Waals surface area contributed by atoms with E-state index >= 15 is 0 Å². The van der Waals surface area contributed by atoms with E-state index < -0.39 is 0 Å². The molecule has 1 aromatic heterocycles. The molecule has 74 valence electrons. The van der Waals surface area contributed by atoms with Crippen LogP contribution in [0.4, 0.5) is 0 Å². The Morgan fingerprint density at radius 1 is 1.54 bits per heavy atom. The average Bonchev–Trinajstić information content (AvgIpc) is 2.55. The van der Waals surface area contributed by atoms with Gasteiger partial charge in [0, 0.05) is 6.04 Å². The van der Waals surface area contributed by atoms with E-state index in [9.17, 15) is 0 Å². The second-order valence-electron chi connectivity index (χ2n) is 4.29. The van der Waals surface area contributed by atoms with E-state index in [4.69, 9.17) is 4.42 Å². The number of nitrogens with one attached hydrogen (secondary N) is 1. The number of rotatable bonds is 4. The van der Waals surface area contributed by atoms with Crippen molar-refractivity contribution >= 4 is 0 Å². The van der Waals surface area contributed by atoms with Crippen LogP contribution in [0.15, 0.2) is 23.0 Å². The van der Waals surface area contributed by atoms with Crippen LogP contribution in [0.2, 0.25) is 0 Å². The maximum absolute atomic E-state index is 5.10. The first-order valence-electron chi connectivity index (χ1n) is 4.76. The molecule has 0 aliphatic rings. The second-order valence-corrected chi connectivity index (χ2v) is 4.29. The van der Waals surface area contributed by atoms with E-state index in [0.717, 1.165) is 6.42 Å². The minimum atomic E-state index is 0.190. The zero-order chi connectivity index (χ0) is 9.90. The summed E-state index contributed by atoms with van der Waals surface area (Å²) in [4.78, 5) is 0. The molecule has 0 saturated carbocycles. The molecule has 1 atom stereocenters. The van der Waals surface area contributed by atoms with Crippen molar-refractivity contribution in [3.8, 4) is 0 Å². The molecule has 0 aromatic carbocycles. The Morgan fingerprint density at radius 3 is 2.69 bits per heavy atom. The molecule has 0 spiro atoms. The maximum atomic E-state index is 5.10. The fourth-order valence-corrected chi connectivity index (χ4v) is 1.63. The molecule has 2 nitrogen and oxygen atoms in total. The summed E-state index contributed by atoms with van der Waals surface area (Å²) < 4.78 is 5.10. The smallest absolute Gasteiger partial charge is 0.0939 e. The van der Waals surface area contributed by atoms with Crippen molar-refractivity contribution in [2.45, 2.75) is 38.6 Å². The molecule has 0 bridgehead atoms. The van der Waals surface area contributed by atoms with Crippen molar-refractivity contribution in [2.24, 2.45) is 0 Å². The molecule has 0 amide bonds. The normalized spacial score (nSPS) is 14.5. The Bertz CT molecular complexity index is 239. The zero-order valence-electron chi connectivity index (χ0n) is 8.92. The Hall–Kier alpha value is -0.760. The standard InChI is InChI=1S/C11H19NO/c1-9(12-4)7-11(2,3)10-5-6-13-8-10/h5-6,8-9,12H,7H2,1-4H3. The summed E-state index contributed by atoms with van der Waals surface area (Å²) in [6.07, 6.45) is 4.69. The van der Waals surface area contributed by atoms with Gasteiger partial charge in [-0.3, -0.25) is 0 Å². The molecular weight excluding hydrogens is 162 g/mol. The van der Waals surface area contributed by atoms with Crippen LogP contribution in [-0.4, -0.2) is 13.1 Å². The maximum Gasteiger partial charge on any atom is 0.0939 e. The van der Waals surface area contributed by atoms with E-state index in [-0.39, 0.29) is 5.41 Å². The predicted octanol–water partition coefficient (Wildman–Crippen LogP) is 2.56. The molecule has 1 unspecified atom stereocenters. The quantitative estimate of drug-likeness (QED) is 0.772. The molecule has 1 N–H and O–H groups in total. The van der Waals surface area contributed by atoms with Gasteiger partial charge < -0.3 is 9.73 Å². The fraction of sp³-hybridized carbons (Fsp3) is 0.636. The fourth-order valence-electron chi connectivity index (χ4n) is 1.63. The van der Waals surface area contributed by atoms with Crippen LogP contribution in [-0.2, 0) is 5.41 Å². The van der Waals surface area contributed by atoms with Gasteiger partial charge in [0.1, 0.15) is 0 Å². The van der Waals surface area contributed by atoms with E-state index in [1.54, 1.807) is 6.26 Å². The third-order valence-corrected chi connectivity index (χ3v) is 2.61. The first-order chi connectivity index (χ1) is 6.06. The van der Waals surface area contributed by atoms with Crippen LogP contribution in [0.3, 0.4) is 0 Å². The van der Waals surface area contributed by atoms with Crippen molar-refractivity contribution in [1.29, 1.82) is 0 Å². The number of hydrogen-bond acceptors (Lipinski definition) is 2. The molecule has 0 saturated heterocycles. The van der Waals surface area contributed by atoms with Gasteiger partial charge in [0.15, 0.2) is 0 Å². The molecule has 0 radical (unpaired) electrons. The monoisotopic (exact) mass is 181 g/mol. The van der Waals surface area contributed by atoms with E-state index in [2.05, 4.69) is 26.1 Å². The zero-order valence-corrected chi connectivity index (χ0v) is 8.92. The summed E-state index contributed by atoms with van der Waals surface area (Å²) in [7, 11) is 2.00. The Labute approximate surface area is 80.3 Å². The van der Waals surface area contributed by atoms with Crippen LogP contribution in [0.1, 0.15) is 32.8 Å². The van der Waals surface area contributed by atoms with Crippen molar-refractivity contribution < 1.29 is 4.42 Å². The molecule has 2 heteroatoms. The summed E-state index contributed by atoms with van der Waals surface area (Å²) >= 11 is 0. The van der Waals surface area contributed by atoms with Crippen LogP contribution in [0.25, 0.3) is 0 Å². The Balaban J connectivity index is 2.66. The molecule has 1 aromatic rings. The van der Waals surface area contributed by atoms with Crippen molar-refractivity contribution in [2.75, 3.05) is 7.05 Å². The minimum absolute atomic E-state index is 0.190. The summed E-state index contributed by atoms with van der Waals surface area (Å²) in [6.45, 7) is 6.68. The SMILES string of the molecule is CNC(C)CC(C)(C)c1ccoc1. The lowest BCUT2D eigenvalue weighted by Crippen LogP contribution is -2.30. The third kappa shape index (κ3) is 2.59. The van der Waals surface area contributed by atoms with E-state index in [1.807, 2.05) is 19.4 Å². The summed E-state index contributed by atoms with van der Waals surface area (Å²) in [6, 6.07) is 2.58. The minimum Gasteiger partial charge on any atom is -0.472 e. The Morgan fingerprint density at radius 2 is 2.23 bits per heavy atom. The van der Waals surface area contributed by atoms with Gasteiger partial charge in [0.25, 0.3) is 0 Å². The van der Waals surface area contributed by atoms with Gasteiger partial charge in [0.05, 0.1) is 12.5 Å². The topological polar surface area (TPSA) is 25.2 Å². The van der Waals surface area contributed by atoms with Gasteiger partial charge in [-0.05, 0) is 37.4 Å². The van der Waals surface area contributed by atoms with Gasteiger partial charge in [-0.1, -0.05) is 13.8 Å². The van der Waals surface area contributed by atoms with Gasteiger partial charge in [-0.25, -0.2) is 0 Å². The van der Waals surface area contributed by atoms with Crippen LogP contribution in [0, 0.1) is 0 Å². The van der Waals surface area contributed by atoms with Gasteiger partial charge in [0.2, 0.25) is 0 Å². The summed E-state index contributed by atoms with van der Waals surface area (Å²) in [5, 5.41) is 3.25. The number of furan rings is 1. The summed E-state index contributed by atoms with van der Waals surface area (Å²) in [5.74, 6) is 0. The number of hydrogen-bond donors (Lipinski definition) is 1. The lowest BCUT2D eigenvalue weighted by molar-refractivity contribution is 0.401. The van der Waals surface area contributed by atoms with Crippen molar-refractivity contribution in [3.63, 3.8) is 0 Å². The first kappa shape index (κ1) is 10.3. The van der Waals surface area contributed by atoms with Gasteiger partial charge in [-0.2, -0.15) is 0 Å². The molecule has 0 fully saturated rings. The van der Waals surface area contributed by atoms with Crippen LogP contribution in [0.5, 0.6) is 0 Å². The van der Waals surface area contributed by atoms with Crippen molar-refractivity contribution in [3.05, 3.63) is 24.2 Å². The molecular formula is C11H19NO. The predicted molar refractivity (Wildman–Crippen MR) is 54.9 cm³/mol. The lowest BCUT2D eigenvalue weighted by atomic mass is 9.81. The lowest BCUT2D eigenvalue weighted by Gasteiger charge is -2.26. The summed E-state index contributed by atoms with van der Waals surface area (Å²) in [5.41, 5.74) is 1.46. The van der Waals surface area contributed by atoms with E-state index in [1.165, 1.54) is 5.56 Å². The highest BCUT2D eigenvalue weighted by molar-refractivity contribution is 5.17. The molecule has 0 aliphatic carbocycles. The highest BCUT2D eigenvalue weighted by atomic mass is 16.3. The van der Waals surface area contributed by atoms with Crippen molar-refractivity contribution in [1.82, 2.24) is 5.32 Å². The first-order valence-corrected chi connectivity index (χ1v) is 4.76. The van der Waals surface area contributed by atoms with E-state index in [0.29, 0.717) is 6.04 Å². The van der Waals surface area contributed by atoms with Gasteiger partial charge >= 0.3 is 0 Å². The van der Waals surface area contributed by atoms with Crippen LogP contribution >= 0.6 is 0 Å². The second kappa shape index (κ2) is 3.97. The highest BCUT2D eigenvalue weighted by Gasteiger charge is 2.23. The van der Waals surface area contributed by atoms with Gasteiger partial charge in [-0.15, -0.1) is 0 Å². The average molecular weight is 181 g/mol. The third-order valence-electron chi connectivity index (χ3n) is 2.61. The molecule has 1 heterocycles. The largest absolute Gasteiger partial charge is 0.472 e. The highest BCUT2D eigenvalue weighted by Crippen LogP contribution is 2.28. The Kier molecular flexibility index (Phi) is 3.15. The molecule has 13 heavy (non-hydrogen) atoms. The van der Waals surface area contributed by atoms with Crippen LogP contribution < -0.4 is 5.32 Å². The molecule has 0 aliphatic heterocycles.